The van der Waals surface area contributed by atoms with Gasteiger partial charge in [0.15, 0.2) is 0 Å². The number of nitrogens with zero attached hydrogens (tertiary/aromatic N) is 1. The second kappa shape index (κ2) is 14.0. The van der Waals surface area contributed by atoms with Crippen molar-refractivity contribution in [3.8, 4) is 11.5 Å². The smallest absolute Gasteiger partial charge is 0.248 e. The number of methoxy groups -OCH3 is 2. The maximum absolute atomic E-state index is 12.5. The number of nitrogens with one attached hydrogen (secondary N) is 1. The van der Waals surface area contributed by atoms with Crippen molar-refractivity contribution in [1.82, 2.24) is 4.90 Å². The van der Waals surface area contributed by atoms with Gasteiger partial charge in [0.2, 0.25) is 5.91 Å². The molecule has 174 valence electrons. The monoisotopic (exact) mass is 502 g/mol. The molecule has 0 radical (unpaired) electrons. The molecule has 0 aliphatic rings. The van der Waals surface area contributed by atoms with Crippen LogP contribution in [-0.2, 0) is 11.2 Å². The lowest BCUT2D eigenvalue weighted by Crippen LogP contribution is -2.26. The minimum Gasteiger partial charge on any atom is -0.496 e. The molecular formula is C26H35BrN2O3. The van der Waals surface area contributed by atoms with E-state index in [2.05, 4.69) is 40.0 Å². The van der Waals surface area contributed by atoms with Crippen LogP contribution in [0.5, 0.6) is 11.5 Å². The summed E-state index contributed by atoms with van der Waals surface area (Å²) in [5, 5.41) is 2.95. The summed E-state index contributed by atoms with van der Waals surface area (Å²) in [7, 11) is 3.30. The normalized spacial score (nSPS) is 11.2. The Balaban J connectivity index is 2.03. The molecule has 0 bridgehead atoms. The van der Waals surface area contributed by atoms with E-state index < -0.39 is 0 Å². The summed E-state index contributed by atoms with van der Waals surface area (Å²) in [5.41, 5.74) is 2.70. The third-order valence-electron chi connectivity index (χ3n) is 5.15. The van der Waals surface area contributed by atoms with Gasteiger partial charge in [-0.15, -0.1) is 0 Å². The highest BCUT2D eigenvalue weighted by Crippen LogP contribution is 2.26. The Bertz CT molecular complexity index is 893. The number of rotatable bonds is 13. The number of carbonyl (C=O) groups is 1. The fraction of sp³-hybridized carbons (Fsp3) is 0.423. The Hall–Kier alpha value is -2.31. The van der Waals surface area contributed by atoms with Crippen molar-refractivity contribution < 1.29 is 14.3 Å². The lowest BCUT2D eigenvalue weighted by atomic mass is 10.1. The highest BCUT2D eigenvalue weighted by Gasteiger charge is 2.09. The van der Waals surface area contributed by atoms with Crippen LogP contribution in [0, 0.1) is 0 Å². The zero-order valence-electron chi connectivity index (χ0n) is 19.6. The summed E-state index contributed by atoms with van der Waals surface area (Å²) in [6.07, 6.45) is 7.56. The Morgan fingerprint density at radius 2 is 1.69 bits per heavy atom. The number of anilines is 1. The van der Waals surface area contributed by atoms with Crippen molar-refractivity contribution in [3.05, 3.63) is 58.1 Å². The molecule has 2 aromatic rings. The Morgan fingerprint density at radius 3 is 2.34 bits per heavy atom. The van der Waals surface area contributed by atoms with E-state index in [1.54, 1.807) is 20.3 Å². The van der Waals surface area contributed by atoms with Gasteiger partial charge in [-0.2, -0.15) is 0 Å². The van der Waals surface area contributed by atoms with Crippen LogP contribution in [0.3, 0.4) is 0 Å². The molecular weight excluding hydrogens is 468 g/mol. The Morgan fingerprint density at radius 1 is 1.00 bits per heavy atom. The third-order valence-corrected chi connectivity index (χ3v) is 5.65. The minimum atomic E-state index is -0.194. The molecule has 32 heavy (non-hydrogen) atoms. The number of hydrogen-bond donors (Lipinski definition) is 1. The second-order valence-electron chi connectivity index (χ2n) is 7.68. The van der Waals surface area contributed by atoms with Crippen LogP contribution in [0.15, 0.2) is 46.9 Å². The Labute approximate surface area is 200 Å². The van der Waals surface area contributed by atoms with Crippen molar-refractivity contribution in [2.75, 3.05) is 39.2 Å². The molecule has 0 saturated carbocycles. The van der Waals surface area contributed by atoms with Crippen LogP contribution in [0.4, 0.5) is 5.69 Å². The molecule has 1 N–H and O–H groups in total. The van der Waals surface area contributed by atoms with Crippen molar-refractivity contribution >= 4 is 33.6 Å². The standard InChI is InChI=1S/C26H35BrN2O3/c1-5-15-29(16-6-2)17-7-8-20-19-23(11-13-25(20)32-4)28-26(30)14-9-21-18-22(27)10-12-24(21)31-3/h9-14,18-19H,5-8,15-17H2,1-4H3,(H,28,30). The molecule has 0 aromatic heterocycles. The molecule has 0 aliphatic heterocycles. The average Bonchev–Trinajstić information content (AvgIpc) is 2.78. The van der Waals surface area contributed by atoms with Gasteiger partial charge in [-0.05, 0) is 93.4 Å². The van der Waals surface area contributed by atoms with E-state index in [1.165, 1.54) is 18.9 Å². The number of amides is 1. The molecule has 5 nitrogen and oxygen atoms in total. The average molecular weight is 503 g/mol. The predicted molar refractivity (Wildman–Crippen MR) is 137 cm³/mol. The van der Waals surface area contributed by atoms with E-state index in [-0.39, 0.29) is 5.91 Å². The topological polar surface area (TPSA) is 50.8 Å². The van der Waals surface area contributed by atoms with Gasteiger partial charge in [-0.1, -0.05) is 29.8 Å². The zero-order chi connectivity index (χ0) is 23.3. The largest absolute Gasteiger partial charge is 0.496 e. The first-order valence-electron chi connectivity index (χ1n) is 11.2. The maximum atomic E-state index is 12.5. The number of aryl methyl sites for hydroxylation is 1. The molecule has 0 spiro atoms. The second-order valence-corrected chi connectivity index (χ2v) is 8.60. The summed E-state index contributed by atoms with van der Waals surface area (Å²) in [6, 6.07) is 11.5. The lowest BCUT2D eigenvalue weighted by Gasteiger charge is -2.21. The molecule has 0 fully saturated rings. The minimum absolute atomic E-state index is 0.194. The van der Waals surface area contributed by atoms with E-state index in [0.717, 1.165) is 59.5 Å². The van der Waals surface area contributed by atoms with Gasteiger partial charge in [0, 0.05) is 21.8 Å². The first-order chi connectivity index (χ1) is 15.5. The fourth-order valence-electron chi connectivity index (χ4n) is 3.70. The van der Waals surface area contributed by atoms with E-state index >= 15 is 0 Å². The molecule has 0 saturated heterocycles. The first kappa shape index (κ1) is 25.9. The first-order valence-corrected chi connectivity index (χ1v) is 12.0. The van der Waals surface area contributed by atoms with Crippen LogP contribution >= 0.6 is 15.9 Å². The third kappa shape index (κ3) is 8.32. The highest BCUT2D eigenvalue weighted by atomic mass is 79.9. The summed E-state index contributed by atoms with van der Waals surface area (Å²) in [4.78, 5) is 15.0. The van der Waals surface area contributed by atoms with E-state index in [1.807, 2.05) is 36.4 Å². The maximum Gasteiger partial charge on any atom is 0.248 e. The van der Waals surface area contributed by atoms with Crippen LogP contribution in [0.2, 0.25) is 0 Å². The quantitative estimate of drug-likeness (QED) is 0.332. The van der Waals surface area contributed by atoms with Gasteiger partial charge in [-0.25, -0.2) is 0 Å². The van der Waals surface area contributed by atoms with Crippen LogP contribution in [-0.4, -0.2) is 44.7 Å². The van der Waals surface area contributed by atoms with Gasteiger partial charge < -0.3 is 19.7 Å². The zero-order valence-corrected chi connectivity index (χ0v) is 21.2. The van der Waals surface area contributed by atoms with Crippen LogP contribution in [0.25, 0.3) is 6.08 Å². The molecule has 0 unspecified atom stereocenters. The van der Waals surface area contributed by atoms with Gasteiger partial charge in [0.05, 0.1) is 14.2 Å². The molecule has 0 atom stereocenters. The number of halogens is 1. The lowest BCUT2D eigenvalue weighted by molar-refractivity contribution is -0.111. The van der Waals surface area contributed by atoms with Gasteiger partial charge in [0.25, 0.3) is 0 Å². The summed E-state index contributed by atoms with van der Waals surface area (Å²) in [6.45, 7) is 7.78. The van der Waals surface area contributed by atoms with Crippen molar-refractivity contribution in [1.29, 1.82) is 0 Å². The van der Waals surface area contributed by atoms with Crippen molar-refractivity contribution in [3.63, 3.8) is 0 Å². The summed E-state index contributed by atoms with van der Waals surface area (Å²) >= 11 is 3.45. The summed E-state index contributed by atoms with van der Waals surface area (Å²) in [5.74, 6) is 1.37. The number of ether oxygens (including phenoxy) is 2. The molecule has 0 aliphatic carbocycles. The molecule has 6 heteroatoms. The van der Waals surface area contributed by atoms with Crippen LogP contribution < -0.4 is 14.8 Å². The van der Waals surface area contributed by atoms with Crippen molar-refractivity contribution in [2.45, 2.75) is 39.5 Å². The highest BCUT2D eigenvalue weighted by molar-refractivity contribution is 9.10. The molecule has 2 rings (SSSR count). The van der Waals surface area contributed by atoms with Gasteiger partial charge in [-0.3, -0.25) is 4.79 Å². The van der Waals surface area contributed by atoms with Gasteiger partial charge >= 0.3 is 0 Å². The summed E-state index contributed by atoms with van der Waals surface area (Å²) < 4.78 is 11.8. The Kier molecular flexibility index (Phi) is 11.3. The predicted octanol–water partition coefficient (Wildman–Crippen LogP) is 6.17. The number of carbonyl (C=O) groups excluding carboxylic acids is 1. The van der Waals surface area contributed by atoms with E-state index in [0.29, 0.717) is 5.75 Å². The van der Waals surface area contributed by atoms with E-state index in [9.17, 15) is 4.79 Å². The van der Waals surface area contributed by atoms with Crippen molar-refractivity contribution in [2.24, 2.45) is 0 Å². The molecule has 2 aromatic carbocycles. The molecule has 1 amide bonds. The number of hydrogen-bond acceptors (Lipinski definition) is 4. The van der Waals surface area contributed by atoms with Gasteiger partial charge in [0.1, 0.15) is 11.5 Å². The SMILES string of the molecule is CCCN(CCC)CCCc1cc(NC(=O)C=Cc2cc(Br)ccc2OC)ccc1OC. The fourth-order valence-corrected chi connectivity index (χ4v) is 4.08. The van der Waals surface area contributed by atoms with E-state index in [4.69, 9.17) is 9.47 Å². The molecule has 0 heterocycles. The van der Waals surface area contributed by atoms with Crippen LogP contribution in [0.1, 0.15) is 44.2 Å². The number of benzene rings is 2.